The molecule has 0 atom stereocenters. The van der Waals surface area contributed by atoms with Gasteiger partial charge in [0.15, 0.2) is 0 Å². The number of ether oxygens (including phenoxy) is 1. The van der Waals surface area contributed by atoms with Crippen molar-refractivity contribution in [2.24, 2.45) is 5.41 Å². The molecule has 0 spiro atoms. The van der Waals surface area contributed by atoms with Crippen molar-refractivity contribution in [3.63, 3.8) is 0 Å². The van der Waals surface area contributed by atoms with Crippen molar-refractivity contribution in [2.45, 2.75) is 26.7 Å². The molecule has 1 amide bonds. The summed E-state index contributed by atoms with van der Waals surface area (Å²) in [4.78, 5) is 23.7. The number of benzene rings is 1. The third-order valence-electron chi connectivity index (χ3n) is 3.81. The van der Waals surface area contributed by atoms with Gasteiger partial charge in [-0.25, -0.2) is 0 Å². The molecule has 116 valence electrons. The van der Waals surface area contributed by atoms with E-state index in [0.717, 1.165) is 0 Å². The van der Waals surface area contributed by atoms with E-state index < -0.39 is 11.4 Å². The van der Waals surface area contributed by atoms with Crippen molar-refractivity contribution in [1.82, 2.24) is 5.32 Å². The largest absolute Gasteiger partial charge is 0.497 e. The molecule has 0 fully saturated rings. The van der Waals surface area contributed by atoms with Crippen LogP contribution in [0, 0.1) is 5.41 Å². The molecule has 6 heteroatoms. The van der Waals surface area contributed by atoms with Crippen molar-refractivity contribution in [3.05, 3.63) is 28.2 Å². The van der Waals surface area contributed by atoms with Gasteiger partial charge in [0.2, 0.25) is 0 Å². The highest BCUT2D eigenvalue weighted by atomic mass is 79.9. The summed E-state index contributed by atoms with van der Waals surface area (Å²) >= 11 is 3.31. The van der Waals surface area contributed by atoms with Gasteiger partial charge in [0.05, 0.1) is 18.1 Å². The van der Waals surface area contributed by atoms with Crippen LogP contribution in [0.25, 0.3) is 0 Å². The van der Waals surface area contributed by atoms with Crippen LogP contribution in [0.3, 0.4) is 0 Å². The summed E-state index contributed by atoms with van der Waals surface area (Å²) in [5.74, 6) is -0.648. The van der Waals surface area contributed by atoms with Crippen molar-refractivity contribution in [2.75, 3.05) is 13.7 Å². The number of nitrogens with one attached hydrogen (secondary N) is 1. The third kappa shape index (κ3) is 3.97. The first-order valence-electron chi connectivity index (χ1n) is 6.75. The van der Waals surface area contributed by atoms with Gasteiger partial charge >= 0.3 is 5.97 Å². The van der Waals surface area contributed by atoms with Crippen LogP contribution >= 0.6 is 15.9 Å². The van der Waals surface area contributed by atoms with Crippen LogP contribution in [0.5, 0.6) is 5.75 Å². The Bertz CT molecular complexity index is 526. The minimum Gasteiger partial charge on any atom is -0.497 e. The lowest BCUT2D eigenvalue weighted by molar-refractivity contribution is -0.149. The topological polar surface area (TPSA) is 75.6 Å². The van der Waals surface area contributed by atoms with E-state index in [4.69, 9.17) is 4.74 Å². The van der Waals surface area contributed by atoms with Crippen LogP contribution < -0.4 is 10.1 Å². The van der Waals surface area contributed by atoms with Crippen molar-refractivity contribution >= 4 is 27.8 Å². The van der Waals surface area contributed by atoms with Crippen LogP contribution in [0.2, 0.25) is 0 Å². The van der Waals surface area contributed by atoms with Crippen molar-refractivity contribution < 1.29 is 19.4 Å². The van der Waals surface area contributed by atoms with Crippen LogP contribution in [0.15, 0.2) is 22.7 Å². The van der Waals surface area contributed by atoms with E-state index in [0.29, 0.717) is 28.6 Å². The highest BCUT2D eigenvalue weighted by molar-refractivity contribution is 9.10. The van der Waals surface area contributed by atoms with Gasteiger partial charge in [-0.2, -0.15) is 0 Å². The fourth-order valence-electron chi connectivity index (χ4n) is 2.03. The number of methoxy groups -OCH3 is 1. The summed E-state index contributed by atoms with van der Waals surface area (Å²) in [5, 5.41) is 12.1. The zero-order chi connectivity index (χ0) is 16.0. The van der Waals surface area contributed by atoms with E-state index >= 15 is 0 Å². The smallest absolute Gasteiger partial charge is 0.311 e. The molecule has 0 unspecified atom stereocenters. The van der Waals surface area contributed by atoms with Crippen LogP contribution in [-0.2, 0) is 4.79 Å². The highest BCUT2D eigenvalue weighted by Crippen LogP contribution is 2.27. The molecule has 0 aliphatic rings. The normalized spacial score (nSPS) is 11.0. The summed E-state index contributed by atoms with van der Waals surface area (Å²) in [7, 11) is 1.52. The summed E-state index contributed by atoms with van der Waals surface area (Å²) < 4.78 is 5.73. The number of aliphatic carboxylic acids is 1. The number of rotatable bonds is 7. The Balaban J connectivity index is 2.89. The number of carboxylic acid groups (broad SMARTS) is 1. The Kier molecular flexibility index (Phi) is 6.20. The first-order valence-corrected chi connectivity index (χ1v) is 7.54. The van der Waals surface area contributed by atoms with Crippen molar-refractivity contribution in [1.29, 1.82) is 0 Å². The summed E-state index contributed by atoms with van der Waals surface area (Å²) in [6, 6.07) is 5.07. The molecular weight excluding hydrogens is 338 g/mol. The second-order valence-electron chi connectivity index (χ2n) is 4.82. The SMILES string of the molecule is CCC(CC)(CNC(=O)c1cc(OC)ccc1Br)C(=O)O. The molecule has 2 N–H and O–H groups in total. The Morgan fingerprint density at radius 3 is 2.43 bits per heavy atom. The molecule has 0 saturated heterocycles. The maximum Gasteiger partial charge on any atom is 0.311 e. The second kappa shape index (κ2) is 7.45. The molecule has 0 radical (unpaired) electrons. The second-order valence-corrected chi connectivity index (χ2v) is 5.68. The zero-order valence-corrected chi connectivity index (χ0v) is 14.0. The number of carbonyl (C=O) groups excluding carboxylic acids is 1. The molecule has 0 aliphatic heterocycles. The predicted octanol–water partition coefficient (Wildman–Crippen LogP) is 3.08. The maximum atomic E-state index is 12.2. The van der Waals surface area contributed by atoms with Crippen LogP contribution in [0.1, 0.15) is 37.0 Å². The third-order valence-corrected chi connectivity index (χ3v) is 4.50. The van der Waals surface area contributed by atoms with E-state index in [9.17, 15) is 14.7 Å². The summed E-state index contributed by atoms with van der Waals surface area (Å²) in [5.41, 5.74) is -0.512. The minimum absolute atomic E-state index is 0.0951. The maximum absolute atomic E-state index is 12.2. The summed E-state index contributed by atoms with van der Waals surface area (Å²) in [6.45, 7) is 3.72. The van der Waals surface area contributed by atoms with E-state index in [-0.39, 0.29) is 12.5 Å². The zero-order valence-electron chi connectivity index (χ0n) is 12.4. The predicted molar refractivity (Wildman–Crippen MR) is 83.7 cm³/mol. The van der Waals surface area contributed by atoms with Gasteiger partial charge in [-0.15, -0.1) is 0 Å². The number of halogens is 1. The number of amides is 1. The van der Waals surface area contributed by atoms with Crippen LogP contribution in [-0.4, -0.2) is 30.6 Å². The van der Waals surface area contributed by atoms with E-state index in [1.807, 2.05) is 13.8 Å². The van der Waals surface area contributed by atoms with Gasteiger partial charge in [-0.3, -0.25) is 9.59 Å². The van der Waals surface area contributed by atoms with Crippen molar-refractivity contribution in [3.8, 4) is 5.75 Å². The average molecular weight is 358 g/mol. The van der Waals surface area contributed by atoms with Gasteiger partial charge in [-0.05, 0) is 47.0 Å². The molecule has 0 bridgehead atoms. The van der Waals surface area contributed by atoms with E-state index in [2.05, 4.69) is 21.2 Å². The van der Waals surface area contributed by atoms with Gasteiger partial charge in [0, 0.05) is 11.0 Å². The number of hydrogen-bond acceptors (Lipinski definition) is 3. The average Bonchev–Trinajstić information content (AvgIpc) is 2.48. The molecule has 21 heavy (non-hydrogen) atoms. The number of hydrogen-bond donors (Lipinski definition) is 2. The Labute approximate surface area is 132 Å². The Hall–Kier alpha value is -1.56. The fraction of sp³-hybridized carbons (Fsp3) is 0.467. The minimum atomic E-state index is -0.930. The van der Waals surface area contributed by atoms with E-state index in [1.54, 1.807) is 18.2 Å². The molecule has 1 rings (SSSR count). The Morgan fingerprint density at radius 2 is 1.95 bits per heavy atom. The van der Waals surface area contributed by atoms with Crippen LogP contribution in [0.4, 0.5) is 0 Å². The quantitative estimate of drug-likeness (QED) is 0.786. The lowest BCUT2D eigenvalue weighted by Gasteiger charge is -2.26. The van der Waals surface area contributed by atoms with Gasteiger partial charge in [-0.1, -0.05) is 13.8 Å². The van der Waals surface area contributed by atoms with Gasteiger partial charge in [0.1, 0.15) is 5.75 Å². The molecule has 0 aliphatic carbocycles. The Morgan fingerprint density at radius 1 is 1.33 bits per heavy atom. The number of carbonyl (C=O) groups is 2. The van der Waals surface area contributed by atoms with Gasteiger partial charge in [0.25, 0.3) is 5.91 Å². The highest BCUT2D eigenvalue weighted by Gasteiger charge is 2.35. The molecule has 0 aromatic heterocycles. The number of carboxylic acids is 1. The molecule has 0 heterocycles. The lowest BCUT2D eigenvalue weighted by Crippen LogP contribution is -2.42. The lowest BCUT2D eigenvalue weighted by atomic mass is 9.82. The molecule has 1 aromatic carbocycles. The molecule has 0 saturated carbocycles. The molecule has 1 aromatic rings. The molecular formula is C15H20BrNO4. The van der Waals surface area contributed by atoms with E-state index in [1.165, 1.54) is 7.11 Å². The first kappa shape index (κ1) is 17.5. The van der Waals surface area contributed by atoms with Gasteiger partial charge < -0.3 is 15.2 Å². The monoisotopic (exact) mass is 357 g/mol. The summed E-state index contributed by atoms with van der Waals surface area (Å²) in [6.07, 6.45) is 0.913. The molecule has 5 nitrogen and oxygen atoms in total. The first-order chi connectivity index (χ1) is 9.90. The fourth-order valence-corrected chi connectivity index (χ4v) is 2.45. The standard InChI is InChI=1S/C15H20BrNO4/c1-4-15(5-2,14(19)20)9-17-13(18)11-8-10(21-3)6-7-12(11)16/h6-8H,4-5,9H2,1-3H3,(H,17,18)(H,19,20).